The van der Waals surface area contributed by atoms with E-state index in [4.69, 9.17) is 4.74 Å². The molecule has 1 heterocycles. The number of carbonyl (C=O) groups excluding carboxylic acids is 1. The van der Waals surface area contributed by atoms with E-state index in [9.17, 15) is 9.59 Å². The van der Waals surface area contributed by atoms with Crippen LogP contribution in [0.25, 0.3) is 0 Å². The van der Waals surface area contributed by atoms with Crippen LogP contribution in [0.5, 0.6) is 0 Å². The normalized spacial score (nSPS) is 12.1. The molecule has 0 bridgehead atoms. The zero-order chi connectivity index (χ0) is 18.2. The van der Waals surface area contributed by atoms with Gasteiger partial charge in [0.1, 0.15) is 0 Å². The Morgan fingerprint density at radius 1 is 1.40 bits per heavy atom. The van der Waals surface area contributed by atoms with Gasteiger partial charge in [0.25, 0.3) is 0 Å². The molecule has 0 saturated carbocycles. The number of benzene rings is 1. The number of H-pyrrole nitrogens is 1. The first kappa shape index (κ1) is 19.3. The fraction of sp³-hybridized carbons (Fsp3) is 0.471. The van der Waals surface area contributed by atoms with Crippen LogP contribution in [0.15, 0.2) is 40.3 Å². The van der Waals surface area contributed by atoms with Gasteiger partial charge in [-0.2, -0.15) is 0 Å². The van der Waals surface area contributed by atoms with E-state index >= 15 is 0 Å². The van der Waals surface area contributed by atoms with Crippen molar-refractivity contribution >= 4 is 23.4 Å². The van der Waals surface area contributed by atoms with Crippen LogP contribution < -0.4 is 10.6 Å². The third kappa shape index (κ3) is 4.96. The maximum atomic E-state index is 12.8. The smallest absolute Gasteiger partial charge is 0.343 e. The van der Waals surface area contributed by atoms with Gasteiger partial charge in [-0.3, -0.25) is 9.36 Å². The molecule has 0 radical (unpaired) electrons. The lowest BCUT2D eigenvalue weighted by atomic mass is 10.2. The standard InChI is InChI=1S/C17H24N4O3S/c1-4-20(14-9-6-5-7-10-14)15(22)13(2)25-17-19-18-16(23)21(17)11-8-12-24-3/h5-7,9-10,13H,4,8,11-12H2,1-3H3,(H,18,23). The summed E-state index contributed by atoms with van der Waals surface area (Å²) in [6.45, 7) is 5.42. The Kier molecular flexibility index (Phi) is 7.27. The largest absolute Gasteiger partial charge is 0.385 e. The number of anilines is 1. The minimum Gasteiger partial charge on any atom is -0.385 e. The number of para-hydroxylation sites is 1. The van der Waals surface area contributed by atoms with Crippen LogP contribution >= 0.6 is 11.8 Å². The third-order valence-electron chi connectivity index (χ3n) is 3.73. The summed E-state index contributed by atoms with van der Waals surface area (Å²) in [5.41, 5.74) is 0.593. The van der Waals surface area contributed by atoms with Gasteiger partial charge in [-0.25, -0.2) is 9.89 Å². The maximum absolute atomic E-state index is 12.8. The Bertz CT molecular complexity index is 729. The highest BCUT2D eigenvalue weighted by molar-refractivity contribution is 8.00. The molecule has 0 saturated heterocycles. The van der Waals surface area contributed by atoms with Gasteiger partial charge < -0.3 is 9.64 Å². The van der Waals surface area contributed by atoms with Gasteiger partial charge in [-0.15, -0.1) is 5.10 Å². The van der Waals surface area contributed by atoms with Crippen molar-refractivity contribution < 1.29 is 9.53 Å². The molecule has 1 amide bonds. The first-order valence-electron chi connectivity index (χ1n) is 8.25. The van der Waals surface area contributed by atoms with E-state index in [1.165, 1.54) is 11.8 Å². The third-order valence-corrected chi connectivity index (χ3v) is 4.81. The summed E-state index contributed by atoms with van der Waals surface area (Å²) in [6, 6.07) is 9.55. The van der Waals surface area contributed by atoms with Gasteiger partial charge in [-0.1, -0.05) is 30.0 Å². The number of ether oxygens (including phenoxy) is 1. The second-order valence-electron chi connectivity index (χ2n) is 5.49. The molecule has 1 unspecified atom stereocenters. The van der Waals surface area contributed by atoms with E-state index in [2.05, 4.69) is 10.2 Å². The van der Waals surface area contributed by atoms with Gasteiger partial charge >= 0.3 is 5.69 Å². The molecule has 0 aliphatic heterocycles. The van der Waals surface area contributed by atoms with Crippen LogP contribution in [0.1, 0.15) is 20.3 Å². The van der Waals surface area contributed by atoms with Crippen molar-refractivity contribution in [2.75, 3.05) is 25.2 Å². The molecule has 25 heavy (non-hydrogen) atoms. The lowest BCUT2D eigenvalue weighted by Gasteiger charge is -2.24. The van der Waals surface area contributed by atoms with Gasteiger partial charge in [0.2, 0.25) is 5.91 Å². The van der Waals surface area contributed by atoms with Crippen LogP contribution in [0.2, 0.25) is 0 Å². The molecule has 136 valence electrons. The zero-order valence-electron chi connectivity index (χ0n) is 14.8. The van der Waals surface area contributed by atoms with E-state index in [0.29, 0.717) is 31.3 Å². The number of nitrogens with one attached hydrogen (secondary N) is 1. The predicted molar refractivity (Wildman–Crippen MR) is 99.1 cm³/mol. The summed E-state index contributed by atoms with van der Waals surface area (Å²) in [6.07, 6.45) is 0.705. The summed E-state index contributed by atoms with van der Waals surface area (Å²) < 4.78 is 6.57. The van der Waals surface area contributed by atoms with Crippen molar-refractivity contribution in [3.63, 3.8) is 0 Å². The summed E-state index contributed by atoms with van der Waals surface area (Å²) in [5, 5.41) is 6.66. The minimum atomic E-state index is -0.364. The van der Waals surface area contributed by atoms with Gasteiger partial charge in [0.15, 0.2) is 5.16 Å². The molecule has 0 fully saturated rings. The number of nitrogens with zero attached hydrogens (tertiary/aromatic N) is 3. The summed E-state index contributed by atoms with van der Waals surface area (Å²) in [7, 11) is 1.62. The van der Waals surface area contributed by atoms with Crippen molar-refractivity contribution in [2.24, 2.45) is 0 Å². The molecular formula is C17H24N4O3S. The number of carbonyl (C=O) groups is 1. The topological polar surface area (TPSA) is 80.2 Å². The van der Waals surface area contributed by atoms with E-state index in [0.717, 1.165) is 5.69 Å². The molecular weight excluding hydrogens is 340 g/mol. The predicted octanol–water partition coefficient (Wildman–Crippen LogP) is 2.14. The molecule has 2 aromatic rings. The number of hydrogen-bond donors (Lipinski definition) is 1. The Labute approximate surface area is 151 Å². The van der Waals surface area contributed by atoms with Crippen LogP contribution in [-0.2, 0) is 16.1 Å². The monoisotopic (exact) mass is 364 g/mol. The van der Waals surface area contributed by atoms with E-state index in [1.807, 2.05) is 44.2 Å². The van der Waals surface area contributed by atoms with Gasteiger partial charge in [-0.05, 0) is 32.4 Å². The molecule has 8 heteroatoms. The second kappa shape index (κ2) is 9.43. The lowest BCUT2D eigenvalue weighted by Crippen LogP contribution is -2.36. The molecule has 0 aliphatic carbocycles. The number of amides is 1. The first-order chi connectivity index (χ1) is 12.1. The molecule has 7 nitrogen and oxygen atoms in total. The Balaban J connectivity index is 2.09. The number of aromatic amines is 1. The van der Waals surface area contributed by atoms with Crippen molar-refractivity contribution in [1.82, 2.24) is 14.8 Å². The number of methoxy groups -OCH3 is 1. The Hall–Kier alpha value is -2.06. The first-order valence-corrected chi connectivity index (χ1v) is 9.13. The average molecular weight is 364 g/mol. The average Bonchev–Trinajstić information content (AvgIpc) is 2.96. The van der Waals surface area contributed by atoms with Crippen molar-refractivity contribution in [3.8, 4) is 0 Å². The summed E-state index contributed by atoms with van der Waals surface area (Å²) >= 11 is 1.28. The SMILES string of the molecule is CCN(C(=O)C(C)Sc1n[nH]c(=O)n1CCCOC)c1ccccc1. The highest BCUT2D eigenvalue weighted by Gasteiger charge is 2.24. The highest BCUT2D eigenvalue weighted by atomic mass is 32.2. The van der Waals surface area contributed by atoms with Crippen LogP contribution in [0.4, 0.5) is 5.69 Å². The molecule has 1 N–H and O–H groups in total. The molecule has 1 aromatic heterocycles. The molecule has 1 atom stereocenters. The maximum Gasteiger partial charge on any atom is 0.343 e. The highest BCUT2D eigenvalue weighted by Crippen LogP contribution is 2.24. The summed E-state index contributed by atoms with van der Waals surface area (Å²) in [5.74, 6) is -0.0161. The molecule has 2 rings (SSSR count). The Morgan fingerprint density at radius 3 is 2.76 bits per heavy atom. The lowest BCUT2D eigenvalue weighted by molar-refractivity contribution is -0.117. The fourth-order valence-corrected chi connectivity index (χ4v) is 3.40. The minimum absolute atomic E-state index is 0.0161. The van der Waals surface area contributed by atoms with Gasteiger partial charge in [0, 0.05) is 32.5 Å². The van der Waals surface area contributed by atoms with E-state index in [-0.39, 0.29) is 16.8 Å². The van der Waals surface area contributed by atoms with Crippen molar-refractivity contribution in [3.05, 3.63) is 40.8 Å². The summed E-state index contributed by atoms with van der Waals surface area (Å²) in [4.78, 5) is 26.4. The van der Waals surface area contributed by atoms with E-state index < -0.39 is 0 Å². The molecule has 0 spiro atoms. The van der Waals surface area contributed by atoms with Crippen LogP contribution in [0, 0.1) is 0 Å². The number of rotatable bonds is 9. The second-order valence-corrected chi connectivity index (χ2v) is 6.80. The van der Waals surface area contributed by atoms with Crippen molar-refractivity contribution in [1.29, 1.82) is 0 Å². The number of hydrogen-bond acceptors (Lipinski definition) is 5. The molecule has 0 aliphatic rings. The van der Waals surface area contributed by atoms with Crippen LogP contribution in [0.3, 0.4) is 0 Å². The van der Waals surface area contributed by atoms with Crippen LogP contribution in [-0.4, -0.2) is 46.2 Å². The fourth-order valence-electron chi connectivity index (χ4n) is 2.46. The Morgan fingerprint density at radius 2 is 2.12 bits per heavy atom. The number of thioether (sulfide) groups is 1. The van der Waals surface area contributed by atoms with E-state index in [1.54, 1.807) is 16.6 Å². The molecule has 1 aromatic carbocycles. The number of aromatic nitrogens is 3. The quantitative estimate of drug-likeness (QED) is 0.545. The van der Waals surface area contributed by atoms with Crippen molar-refractivity contribution in [2.45, 2.75) is 37.2 Å². The zero-order valence-corrected chi connectivity index (χ0v) is 15.6. The van der Waals surface area contributed by atoms with Gasteiger partial charge in [0.05, 0.1) is 5.25 Å².